The molecule has 0 spiro atoms. The summed E-state index contributed by atoms with van der Waals surface area (Å²) in [4.78, 5) is 30.2. The molecule has 156 valence electrons. The third-order valence-corrected chi connectivity index (χ3v) is 4.55. The van der Waals surface area contributed by atoms with Gasteiger partial charge in [0.2, 0.25) is 0 Å². The van der Waals surface area contributed by atoms with Crippen LogP contribution in [0.5, 0.6) is 0 Å². The first kappa shape index (κ1) is 21.3. The lowest BCUT2D eigenvalue weighted by Crippen LogP contribution is -2.50. The molecule has 0 aliphatic carbocycles. The molecule has 0 saturated carbocycles. The number of nitrogens with zero attached hydrogens (tertiary/aromatic N) is 2. The van der Waals surface area contributed by atoms with Gasteiger partial charge in [0.25, 0.3) is 11.8 Å². The second-order valence-electron chi connectivity index (χ2n) is 6.57. The van der Waals surface area contributed by atoms with Crippen molar-refractivity contribution in [3.05, 3.63) is 59.3 Å². The molecule has 5 N–H and O–H groups in total. The number of morpholine rings is 1. The standard InChI is InChI=1S/C21H23N5O4/c22-13-18(21(28)25-29)24-20(27)17-6-3-15(4-7-17)1-2-16-5-8-19(23-14-16)26-9-11-30-12-10-26/h3-8,14,18,29H,9-13,22H2,(H,24,27)(H,25,28)/t18-/m0/s1. The van der Waals surface area contributed by atoms with Crippen LogP contribution >= 0.6 is 0 Å². The van der Waals surface area contributed by atoms with E-state index in [4.69, 9.17) is 15.7 Å². The van der Waals surface area contributed by atoms with Crippen LogP contribution in [0.1, 0.15) is 21.5 Å². The number of nitrogens with two attached hydrogens (primary N) is 1. The summed E-state index contributed by atoms with van der Waals surface area (Å²) in [5.74, 6) is 5.74. The van der Waals surface area contributed by atoms with Crippen LogP contribution in [-0.4, -0.2) is 60.9 Å². The Bertz CT molecular complexity index is 929. The van der Waals surface area contributed by atoms with Gasteiger partial charge < -0.3 is 20.7 Å². The number of aromatic nitrogens is 1. The average Bonchev–Trinajstić information content (AvgIpc) is 2.81. The SMILES string of the molecule is NC[C@H](NC(=O)c1ccc(C#Cc2ccc(N3CCOCC3)nc2)cc1)C(=O)NO. The van der Waals surface area contributed by atoms with Gasteiger partial charge in [-0.25, -0.2) is 10.5 Å². The summed E-state index contributed by atoms with van der Waals surface area (Å²) >= 11 is 0. The third-order valence-electron chi connectivity index (χ3n) is 4.55. The van der Waals surface area contributed by atoms with Crippen LogP contribution in [0.2, 0.25) is 0 Å². The largest absolute Gasteiger partial charge is 0.378 e. The Morgan fingerprint density at radius 2 is 1.80 bits per heavy atom. The molecule has 1 aromatic heterocycles. The lowest BCUT2D eigenvalue weighted by Gasteiger charge is -2.27. The number of hydrogen-bond donors (Lipinski definition) is 4. The van der Waals surface area contributed by atoms with Gasteiger partial charge in [0.05, 0.1) is 13.2 Å². The Kier molecular flexibility index (Phi) is 7.34. The molecule has 2 amide bonds. The second kappa shape index (κ2) is 10.4. The molecular weight excluding hydrogens is 386 g/mol. The molecular formula is C21H23N5O4. The molecule has 0 bridgehead atoms. The topological polar surface area (TPSA) is 130 Å². The Hall–Kier alpha value is -3.45. The maximum absolute atomic E-state index is 12.2. The normalized spacial score (nSPS) is 14.3. The lowest BCUT2D eigenvalue weighted by atomic mass is 10.1. The minimum absolute atomic E-state index is 0.139. The van der Waals surface area contributed by atoms with Crippen molar-refractivity contribution in [3.8, 4) is 11.8 Å². The zero-order valence-electron chi connectivity index (χ0n) is 16.3. The molecule has 9 nitrogen and oxygen atoms in total. The summed E-state index contributed by atoms with van der Waals surface area (Å²) in [6.45, 7) is 2.93. The molecule has 1 aliphatic heterocycles. The fourth-order valence-electron chi connectivity index (χ4n) is 2.84. The van der Waals surface area contributed by atoms with Crippen molar-refractivity contribution in [2.24, 2.45) is 5.73 Å². The molecule has 2 heterocycles. The number of amides is 2. The number of benzene rings is 1. The Morgan fingerprint density at radius 1 is 1.13 bits per heavy atom. The summed E-state index contributed by atoms with van der Waals surface area (Å²) in [7, 11) is 0. The van der Waals surface area contributed by atoms with Gasteiger partial charge >= 0.3 is 0 Å². The van der Waals surface area contributed by atoms with Gasteiger partial charge in [-0.1, -0.05) is 11.8 Å². The molecule has 9 heteroatoms. The highest BCUT2D eigenvalue weighted by Gasteiger charge is 2.19. The Morgan fingerprint density at radius 3 is 2.40 bits per heavy atom. The quantitative estimate of drug-likeness (QED) is 0.308. The van der Waals surface area contributed by atoms with Gasteiger partial charge in [-0.3, -0.25) is 14.8 Å². The van der Waals surface area contributed by atoms with Crippen LogP contribution in [0, 0.1) is 11.8 Å². The first-order valence-electron chi connectivity index (χ1n) is 9.46. The number of nitrogens with one attached hydrogen (secondary N) is 2. The van der Waals surface area contributed by atoms with E-state index in [1.807, 2.05) is 12.1 Å². The fourth-order valence-corrected chi connectivity index (χ4v) is 2.84. The van der Waals surface area contributed by atoms with Crippen molar-refractivity contribution in [1.82, 2.24) is 15.8 Å². The van der Waals surface area contributed by atoms with Crippen LogP contribution in [0.25, 0.3) is 0 Å². The molecule has 2 aromatic rings. The summed E-state index contributed by atoms with van der Waals surface area (Å²) < 4.78 is 5.35. The van der Waals surface area contributed by atoms with E-state index in [0.717, 1.165) is 30.0 Å². The van der Waals surface area contributed by atoms with Crippen molar-refractivity contribution in [2.75, 3.05) is 37.7 Å². The minimum atomic E-state index is -1.02. The zero-order chi connectivity index (χ0) is 21.3. The van der Waals surface area contributed by atoms with Crippen LogP contribution in [0.15, 0.2) is 42.6 Å². The monoisotopic (exact) mass is 409 g/mol. The van der Waals surface area contributed by atoms with Gasteiger partial charge in [-0.05, 0) is 36.4 Å². The molecule has 3 rings (SSSR count). The summed E-state index contributed by atoms with van der Waals surface area (Å²) in [6, 6.07) is 9.47. The van der Waals surface area contributed by atoms with Gasteiger partial charge in [0.1, 0.15) is 11.9 Å². The van der Waals surface area contributed by atoms with Crippen molar-refractivity contribution in [3.63, 3.8) is 0 Å². The average molecular weight is 409 g/mol. The molecule has 30 heavy (non-hydrogen) atoms. The number of ether oxygens (including phenoxy) is 1. The smallest absolute Gasteiger partial charge is 0.267 e. The molecule has 1 aromatic carbocycles. The zero-order valence-corrected chi connectivity index (χ0v) is 16.3. The van der Waals surface area contributed by atoms with Gasteiger partial charge in [0.15, 0.2) is 0 Å². The molecule has 1 atom stereocenters. The Labute approximate surface area is 174 Å². The first-order valence-corrected chi connectivity index (χ1v) is 9.46. The molecule has 1 aliphatic rings. The maximum atomic E-state index is 12.2. The van der Waals surface area contributed by atoms with E-state index in [9.17, 15) is 9.59 Å². The molecule has 0 unspecified atom stereocenters. The number of carbonyl (C=O) groups excluding carboxylic acids is 2. The molecule has 0 radical (unpaired) electrons. The van der Waals surface area contributed by atoms with Crippen LogP contribution in [-0.2, 0) is 9.53 Å². The highest BCUT2D eigenvalue weighted by molar-refractivity contribution is 5.97. The second-order valence-corrected chi connectivity index (χ2v) is 6.57. The Balaban J connectivity index is 1.61. The van der Waals surface area contributed by atoms with E-state index in [0.29, 0.717) is 18.8 Å². The van der Waals surface area contributed by atoms with Crippen LogP contribution < -0.4 is 21.4 Å². The van der Waals surface area contributed by atoms with Crippen molar-refractivity contribution < 1.29 is 19.5 Å². The lowest BCUT2D eigenvalue weighted by molar-refractivity contribution is -0.130. The van der Waals surface area contributed by atoms with E-state index in [2.05, 4.69) is 27.0 Å². The number of carbonyl (C=O) groups is 2. The third kappa shape index (κ3) is 5.55. The van der Waals surface area contributed by atoms with E-state index < -0.39 is 17.9 Å². The van der Waals surface area contributed by atoms with E-state index in [1.54, 1.807) is 30.5 Å². The summed E-state index contributed by atoms with van der Waals surface area (Å²) in [5.41, 5.74) is 8.76. The predicted molar refractivity (Wildman–Crippen MR) is 110 cm³/mol. The van der Waals surface area contributed by atoms with Crippen LogP contribution in [0.3, 0.4) is 0 Å². The molecule has 1 fully saturated rings. The van der Waals surface area contributed by atoms with E-state index in [1.165, 1.54) is 5.48 Å². The first-order chi connectivity index (χ1) is 14.6. The molecule has 1 saturated heterocycles. The number of anilines is 1. The van der Waals surface area contributed by atoms with Crippen molar-refractivity contribution >= 4 is 17.6 Å². The predicted octanol–water partition coefficient (Wildman–Crippen LogP) is -0.119. The number of pyridine rings is 1. The van der Waals surface area contributed by atoms with Crippen molar-refractivity contribution in [2.45, 2.75) is 6.04 Å². The highest BCUT2D eigenvalue weighted by Crippen LogP contribution is 2.12. The number of rotatable bonds is 5. The summed E-state index contributed by atoms with van der Waals surface area (Å²) in [6.07, 6.45) is 1.73. The number of hydroxylamine groups is 1. The minimum Gasteiger partial charge on any atom is -0.378 e. The van der Waals surface area contributed by atoms with Gasteiger partial charge in [-0.15, -0.1) is 0 Å². The van der Waals surface area contributed by atoms with E-state index in [-0.39, 0.29) is 6.54 Å². The van der Waals surface area contributed by atoms with E-state index >= 15 is 0 Å². The van der Waals surface area contributed by atoms with Gasteiger partial charge in [-0.2, -0.15) is 0 Å². The van der Waals surface area contributed by atoms with Crippen molar-refractivity contribution in [1.29, 1.82) is 0 Å². The fraction of sp³-hybridized carbons (Fsp3) is 0.286. The van der Waals surface area contributed by atoms with Gasteiger partial charge in [0, 0.05) is 42.5 Å². The maximum Gasteiger partial charge on any atom is 0.267 e. The highest BCUT2D eigenvalue weighted by atomic mass is 16.5. The number of hydrogen-bond acceptors (Lipinski definition) is 7. The summed E-state index contributed by atoms with van der Waals surface area (Å²) in [5, 5.41) is 11.1. The van der Waals surface area contributed by atoms with Crippen LogP contribution in [0.4, 0.5) is 5.82 Å².